The zero-order chi connectivity index (χ0) is 15.0. The SMILES string of the molecule is CCC1CCc2cc(-c3cc(F)c(F)c(F)c3)ccc2C1. The molecule has 0 amide bonds. The van der Waals surface area contributed by atoms with Crippen molar-refractivity contribution in [3.8, 4) is 11.1 Å². The molecule has 3 rings (SSSR count). The normalized spacial score (nSPS) is 17.6. The van der Waals surface area contributed by atoms with Crippen LogP contribution in [-0.2, 0) is 12.8 Å². The van der Waals surface area contributed by atoms with Crippen LogP contribution in [0.1, 0.15) is 30.9 Å². The molecule has 1 aliphatic carbocycles. The Morgan fingerprint density at radius 3 is 2.33 bits per heavy atom. The van der Waals surface area contributed by atoms with E-state index in [0.717, 1.165) is 42.9 Å². The summed E-state index contributed by atoms with van der Waals surface area (Å²) in [4.78, 5) is 0. The van der Waals surface area contributed by atoms with Gasteiger partial charge >= 0.3 is 0 Å². The van der Waals surface area contributed by atoms with Gasteiger partial charge in [-0.1, -0.05) is 31.5 Å². The minimum absolute atomic E-state index is 0.381. The molecule has 0 bridgehead atoms. The summed E-state index contributed by atoms with van der Waals surface area (Å²) in [5.41, 5.74) is 3.68. The maximum atomic E-state index is 13.3. The van der Waals surface area contributed by atoms with E-state index < -0.39 is 17.5 Å². The number of fused-ring (bicyclic) bond motifs is 1. The molecule has 1 atom stereocenters. The van der Waals surface area contributed by atoms with E-state index in [1.807, 2.05) is 18.2 Å². The molecule has 0 aromatic heterocycles. The highest BCUT2D eigenvalue weighted by atomic mass is 19.2. The Kier molecular flexibility index (Phi) is 3.75. The van der Waals surface area contributed by atoms with Crippen molar-refractivity contribution >= 4 is 0 Å². The summed E-state index contributed by atoms with van der Waals surface area (Å²) in [7, 11) is 0. The fraction of sp³-hybridized carbons (Fsp3) is 0.333. The third-order valence-electron chi connectivity index (χ3n) is 4.43. The first-order valence-corrected chi connectivity index (χ1v) is 7.35. The minimum Gasteiger partial charge on any atom is -0.204 e. The van der Waals surface area contributed by atoms with Gasteiger partial charge in [0.15, 0.2) is 17.5 Å². The maximum absolute atomic E-state index is 13.3. The van der Waals surface area contributed by atoms with E-state index in [4.69, 9.17) is 0 Å². The Balaban J connectivity index is 1.98. The van der Waals surface area contributed by atoms with Crippen LogP contribution < -0.4 is 0 Å². The topological polar surface area (TPSA) is 0 Å². The first-order chi connectivity index (χ1) is 10.1. The molecule has 0 nitrogen and oxygen atoms in total. The predicted molar refractivity (Wildman–Crippen MR) is 77.6 cm³/mol. The monoisotopic (exact) mass is 290 g/mol. The average Bonchev–Trinajstić information content (AvgIpc) is 2.51. The second kappa shape index (κ2) is 5.55. The quantitative estimate of drug-likeness (QED) is 0.660. The molecule has 2 aromatic carbocycles. The molecular weight excluding hydrogens is 273 g/mol. The summed E-state index contributed by atoms with van der Waals surface area (Å²) in [6.45, 7) is 2.20. The van der Waals surface area contributed by atoms with Crippen molar-refractivity contribution in [2.24, 2.45) is 5.92 Å². The molecule has 0 fully saturated rings. The van der Waals surface area contributed by atoms with Gasteiger partial charge in [0.05, 0.1) is 0 Å². The lowest BCUT2D eigenvalue weighted by atomic mass is 9.81. The van der Waals surface area contributed by atoms with Crippen LogP contribution in [0, 0.1) is 23.4 Å². The molecule has 0 spiro atoms. The standard InChI is InChI=1S/C18H17F3/c1-2-11-3-4-13-8-14(6-5-12(13)7-11)15-9-16(19)18(21)17(20)10-15/h5-6,8-11H,2-4,7H2,1H3. The first-order valence-electron chi connectivity index (χ1n) is 7.35. The molecule has 0 saturated heterocycles. The fourth-order valence-corrected chi connectivity index (χ4v) is 3.08. The van der Waals surface area contributed by atoms with Gasteiger partial charge in [0.1, 0.15) is 0 Å². The van der Waals surface area contributed by atoms with Crippen LogP contribution in [0.15, 0.2) is 30.3 Å². The van der Waals surface area contributed by atoms with E-state index in [1.165, 1.54) is 17.5 Å². The van der Waals surface area contributed by atoms with E-state index in [0.29, 0.717) is 5.56 Å². The van der Waals surface area contributed by atoms with Gasteiger partial charge in [0.25, 0.3) is 0 Å². The van der Waals surface area contributed by atoms with Crippen molar-refractivity contribution in [2.45, 2.75) is 32.6 Å². The summed E-state index contributed by atoms with van der Waals surface area (Å²) in [6, 6.07) is 7.98. The molecule has 0 saturated carbocycles. The van der Waals surface area contributed by atoms with Crippen LogP contribution in [-0.4, -0.2) is 0 Å². The molecule has 2 aromatic rings. The molecule has 1 unspecified atom stereocenters. The van der Waals surface area contributed by atoms with Crippen LogP contribution >= 0.6 is 0 Å². The third kappa shape index (κ3) is 2.69. The van der Waals surface area contributed by atoms with Gasteiger partial charge in [-0.25, -0.2) is 13.2 Å². The molecule has 0 aliphatic heterocycles. The van der Waals surface area contributed by atoms with E-state index in [-0.39, 0.29) is 0 Å². The van der Waals surface area contributed by atoms with Gasteiger partial charge in [-0.2, -0.15) is 0 Å². The molecule has 0 heterocycles. The second-order valence-corrected chi connectivity index (χ2v) is 5.75. The number of aryl methyl sites for hydroxylation is 1. The smallest absolute Gasteiger partial charge is 0.194 e. The van der Waals surface area contributed by atoms with Crippen molar-refractivity contribution in [1.82, 2.24) is 0 Å². The fourth-order valence-electron chi connectivity index (χ4n) is 3.08. The molecule has 21 heavy (non-hydrogen) atoms. The van der Waals surface area contributed by atoms with Crippen LogP contribution in [0.2, 0.25) is 0 Å². The Morgan fingerprint density at radius 1 is 0.952 bits per heavy atom. The second-order valence-electron chi connectivity index (χ2n) is 5.75. The van der Waals surface area contributed by atoms with E-state index in [2.05, 4.69) is 6.92 Å². The van der Waals surface area contributed by atoms with Gasteiger partial charge in [-0.15, -0.1) is 0 Å². The molecule has 0 radical (unpaired) electrons. The Bertz CT molecular complexity index is 653. The highest BCUT2D eigenvalue weighted by Crippen LogP contribution is 2.31. The lowest BCUT2D eigenvalue weighted by Gasteiger charge is -2.24. The van der Waals surface area contributed by atoms with Gasteiger partial charge in [-0.05, 0) is 59.6 Å². The Hall–Kier alpha value is -1.77. The van der Waals surface area contributed by atoms with Gasteiger partial charge in [0, 0.05) is 0 Å². The summed E-state index contributed by atoms with van der Waals surface area (Å²) < 4.78 is 39.7. The van der Waals surface area contributed by atoms with Gasteiger partial charge in [0.2, 0.25) is 0 Å². The summed E-state index contributed by atoms with van der Waals surface area (Å²) in [6.07, 6.45) is 4.39. The summed E-state index contributed by atoms with van der Waals surface area (Å²) in [5, 5.41) is 0. The van der Waals surface area contributed by atoms with Crippen LogP contribution in [0.25, 0.3) is 11.1 Å². The number of halogens is 3. The van der Waals surface area contributed by atoms with E-state index in [1.54, 1.807) is 0 Å². The predicted octanol–water partition coefficient (Wildman–Crippen LogP) is 5.29. The van der Waals surface area contributed by atoms with Crippen molar-refractivity contribution in [2.75, 3.05) is 0 Å². The van der Waals surface area contributed by atoms with Crippen molar-refractivity contribution in [3.63, 3.8) is 0 Å². The number of rotatable bonds is 2. The van der Waals surface area contributed by atoms with Gasteiger partial charge < -0.3 is 0 Å². The lowest BCUT2D eigenvalue weighted by molar-refractivity contribution is 0.445. The molecule has 110 valence electrons. The highest BCUT2D eigenvalue weighted by molar-refractivity contribution is 5.65. The minimum atomic E-state index is -1.41. The third-order valence-corrected chi connectivity index (χ3v) is 4.43. The van der Waals surface area contributed by atoms with Crippen LogP contribution in [0.5, 0.6) is 0 Å². The van der Waals surface area contributed by atoms with Crippen molar-refractivity contribution in [1.29, 1.82) is 0 Å². The van der Waals surface area contributed by atoms with Crippen LogP contribution in [0.4, 0.5) is 13.2 Å². The molecule has 0 N–H and O–H groups in total. The Morgan fingerprint density at radius 2 is 1.67 bits per heavy atom. The molecular formula is C18H17F3. The zero-order valence-electron chi connectivity index (χ0n) is 11.9. The van der Waals surface area contributed by atoms with E-state index >= 15 is 0 Å². The summed E-state index contributed by atoms with van der Waals surface area (Å²) >= 11 is 0. The maximum Gasteiger partial charge on any atom is 0.194 e. The number of hydrogen-bond donors (Lipinski definition) is 0. The average molecular weight is 290 g/mol. The molecule has 1 aliphatic rings. The lowest BCUT2D eigenvalue weighted by Crippen LogP contribution is -2.13. The summed E-state index contributed by atoms with van der Waals surface area (Å²) in [5.74, 6) is -2.98. The molecule has 3 heteroatoms. The highest BCUT2D eigenvalue weighted by Gasteiger charge is 2.18. The van der Waals surface area contributed by atoms with Crippen molar-refractivity contribution < 1.29 is 13.2 Å². The number of benzene rings is 2. The largest absolute Gasteiger partial charge is 0.204 e. The van der Waals surface area contributed by atoms with Crippen molar-refractivity contribution in [3.05, 3.63) is 58.9 Å². The Labute approximate surface area is 122 Å². The van der Waals surface area contributed by atoms with Gasteiger partial charge in [-0.3, -0.25) is 0 Å². The van der Waals surface area contributed by atoms with E-state index in [9.17, 15) is 13.2 Å². The van der Waals surface area contributed by atoms with Crippen LogP contribution in [0.3, 0.4) is 0 Å². The first kappa shape index (κ1) is 14.2. The zero-order valence-corrected chi connectivity index (χ0v) is 11.9. The number of hydrogen-bond acceptors (Lipinski definition) is 0.